The molecule has 2 aromatic carbocycles. The molecule has 1 heterocycles. The molecule has 0 radical (unpaired) electrons. The number of nitrogens with zero attached hydrogens (tertiary/aromatic N) is 3. The Morgan fingerprint density at radius 2 is 2.08 bits per heavy atom. The van der Waals surface area contributed by atoms with Gasteiger partial charge in [0.15, 0.2) is 5.16 Å². The van der Waals surface area contributed by atoms with Gasteiger partial charge in [0, 0.05) is 12.4 Å². The first-order chi connectivity index (χ1) is 12.6. The number of amides is 1. The Bertz CT molecular complexity index is 987. The second-order valence-electron chi connectivity index (χ2n) is 5.86. The molecule has 0 saturated carbocycles. The van der Waals surface area contributed by atoms with Crippen LogP contribution in [0.15, 0.2) is 60.0 Å². The molecule has 0 saturated heterocycles. The van der Waals surface area contributed by atoms with Crippen LogP contribution in [0, 0.1) is 25.2 Å². The van der Waals surface area contributed by atoms with Crippen molar-refractivity contribution in [2.75, 3.05) is 11.1 Å². The molecular weight excluding hydrogens is 344 g/mol. The molecule has 0 aliphatic carbocycles. The summed E-state index contributed by atoms with van der Waals surface area (Å²) in [6.45, 7) is 4.12. The van der Waals surface area contributed by atoms with E-state index >= 15 is 0 Å². The SMILES string of the molecule is Cc1ccc(-n2ccnc2SCC(=O)Nc2ccccc2C#N)c(C)c1. The molecule has 0 spiro atoms. The third-order valence-electron chi connectivity index (χ3n) is 3.87. The van der Waals surface area contributed by atoms with Gasteiger partial charge in [0.2, 0.25) is 5.91 Å². The van der Waals surface area contributed by atoms with Gasteiger partial charge in [0.1, 0.15) is 6.07 Å². The van der Waals surface area contributed by atoms with Crippen LogP contribution in [0.1, 0.15) is 16.7 Å². The summed E-state index contributed by atoms with van der Waals surface area (Å²) in [5.74, 6) is 0.0367. The van der Waals surface area contributed by atoms with E-state index < -0.39 is 0 Å². The minimum absolute atomic E-state index is 0.173. The minimum Gasteiger partial charge on any atom is -0.324 e. The van der Waals surface area contributed by atoms with Crippen LogP contribution in [0.5, 0.6) is 0 Å². The fraction of sp³-hybridized carbons (Fsp3) is 0.150. The topological polar surface area (TPSA) is 70.7 Å². The predicted molar refractivity (Wildman–Crippen MR) is 104 cm³/mol. The van der Waals surface area contributed by atoms with Gasteiger partial charge < -0.3 is 5.32 Å². The van der Waals surface area contributed by atoms with Crippen molar-refractivity contribution in [2.24, 2.45) is 0 Å². The first-order valence-corrected chi connectivity index (χ1v) is 9.10. The molecule has 1 aromatic heterocycles. The van der Waals surface area contributed by atoms with E-state index in [4.69, 9.17) is 5.26 Å². The summed E-state index contributed by atoms with van der Waals surface area (Å²) in [5.41, 5.74) is 4.38. The van der Waals surface area contributed by atoms with Crippen LogP contribution >= 0.6 is 11.8 Å². The summed E-state index contributed by atoms with van der Waals surface area (Å²) >= 11 is 1.36. The summed E-state index contributed by atoms with van der Waals surface area (Å²) in [5, 5.41) is 12.6. The molecule has 3 aromatic rings. The first kappa shape index (κ1) is 17.8. The number of carbonyl (C=O) groups is 1. The van der Waals surface area contributed by atoms with Gasteiger partial charge in [0.25, 0.3) is 0 Å². The Kier molecular flexibility index (Phi) is 5.40. The third-order valence-corrected chi connectivity index (χ3v) is 4.84. The largest absolute Gasteiger partial charge is 0.324 e. The number of hydrogen-bond donors (Lipinski definition) is 1. The van der Waals surface area contributed by atoms with Crippen molar-refractivity contribution in [1.82, 2.24) is 9.55 Å². The number of carbonyl (C=O) groups excluding carboxylic acids is 1. The van der Waals surface area contributed by atoms with Crippen LogP contribution in [-0.4, -0.2) is 21.2 Å². The Hall–Kier alpha value is -3.04. The molecule has 1 N–H and O–H groups in total. The summed E-state index contributed by atoms with van der Waals surface area (Å²) in [7, 11) is 0. The fourth-order valence-corrected chi connectivity index (χ4v) is 3.43. The average Bonchev–Trinajstić information content (AvgIpc) is 3.09. The summed E-state index contributed by atoms with van der Waals surface area (Å²) < 4.78 is 1.98. The molecular formula is C20H18N4OS. The number of nitrogens with one attached hydrogen (secondary N) is 1. The van der Waals surface area contributed by atoms with Crippen molar-refractivity contribution in [3.05, 3.63) is 71.5 Å². The number of para-hydroxylation sites is 1. The number of aryl methyl sites for hydroxylation is 2. The molecule has 3 rings (SSSR count). The van der Waals surface area contributed by atoms with Crippen molar-refractivity contribution < 1.29 is 4.79 Å². The maximum absolute atomic E-state index is 12.3. The zero-order valence-corrected chi connectivity index (χ0v) is 15.4. The maximum Gasteiger partial charge on any atom is 0.234 e. The van der Waals surface area contributed by atoms with E-state index in [1.807, 2.05) is 10.8 Å². The van der Waals surface area contributed by atoms with E-state index in [2.05, 4.69) is 48.4 Å². The zero-order valence-electron chi connectivity index (χ0n) is 14.6. The number of hydrogen-bond acceptors (Lipinski definition) is 4. The highest BCUT2D eigenvalue weighted by atomic mass is 32.2. The van der Waals surface area contributed by atoms with E-state index in [1.54, 1.807) is 30.5 Å². The molecule has 0 unspecified atom stereocenters. The van der Waals surface area contributed by atoms with Gasteiger partial charge in [-0.15, -0.1) is 0 Å². The lowest BCUT2D eigenvalue weighted by Gasteiger charge is -2.11. The van der Waals surface area contributed by atoms with E-state index in [-0.39, 0.29) is 11.7 Å². The van der Waals surface area contributed by atoms with Crippen LogP contribution in [0.2, 0.25) is 0 Å². The molecule has 5 nitrogen and oxygen atoms in total. The lowest BCUT2D eigenvalue weighted by Crippen LogP contribution is -2.15. The molecule has 0 aliphatic rings. The smallest absolute Gasteiger partial charge is 0.234 e. The van der Waals surface area contributed by atoms with Gasteiger partial charge >= 0.3 is 0 Å². The van der Waals surface area contributed by atoms with Crippen LogP contribution in [0.25, 0.3) is 5.69 Å². The van der Waals surface area contributed by atoms with Gasteiger partial charge in [-0.25, -0.2) is 4.98 Å². The van der Waals surface area contributed by atoms with Gasteiger partial charge in [-0.2, -0.15) is 5.26 Å². The Morgan fingerprint density at radius 1 is 1.27 bits per heavy atom. The summed E-state index contributed by atoms with van der Waals surface area (Å²) in [6.07, 6.45) is 3.62. The van der Waals surface area contributed by atoms with E-state index in [9.17, 15) is 4.79 Å². The third kappa shape index (κ3) is 3.95. The van der Waals surface area contributed by atoms with Gasteiger partial charge in [-0.05, 0) is 37.6 Å². The number of rotatable bonds is 5. The van der Waals surface area contributed by atoms with Crippen molar-refractivity contribution in [3.8, 4) is 11.8 Å². The van der Waals surface area contributed by atoms with Crippen molar-refractivity contribution in [3.63, 3.8) is 0 Å². The summed E-state index contributed by atoms with van der Waals surface area (Å²) in [6, 6.07) is 15.3. The number of anilines is 1. The Morgan fingerprint density at radius 3 is 2.85 bits per heavy atom. The first-order valence-electron chi connectivity index (χ1n) is 8.11. The van der Waals surface area contributed by atoms with Gasteiger partial charge in [-0.3, -0.25) is 9.36 Å². The van der Waals surface area contributed by atoms with Crippen molar-refractivity contribution in [1.29, 1.82) is 5.26 Å². The zero-order chi connectivity index (χ0) is 18.5. The second kappa shape index (κ2) is 7.89. The maximum atomic E-state index is 12.3. The number of aromatic nitrogens is 2. The summed E-state index contributed by atoms with van der Waals surface area (Å²) in [4.78, 5) is 16.6. The van der Waals surface area contributed by atoms with Crippen LogP contribution in [0.3, 0.4) is 0 Å². The monoisotopic (exact) mass is 362 g/mol. The van der Waals surface area contributed by atoms with E-state index in [0.29, 0.717) is 11.3 Å². The molecule has 1 amide bonds. The fourth-order valence-electron chi connectivity index (χ4n) is 2.66. The number of imidazole rings is 1. The van der Waals surface area contributed by atoms with Crippen LogP contribution in [-0.2, 0) is 4.79 Å². The molecule has 0 fully saturated rings. The molecule has 0 aliphatic heterocycles. The van der Waals surface area contributed by atoms with E-state index in [1.165, 1.54) is 17.3 Å². The standard InChI is InChI=1S/C20H18N4OS/c1-14-7-8-18(15(2)11-14)24-10-9-22-20(24)26-13-19(25)23-17-6-4-3-5-16(17)12-21/h3-11H,13H2,1-2H3,(H,23,25). The number of thioether (sulfide) groups is 1. The highest BCUT2D eigenvalue weighted by molar-refractivity contribution is 7.99. The normalized spacial score (nSPS) is 10.3. The molecule has 0 atom stereocenters. The van der Waals surface area contributed by atoms with Gasteiger partial charge in [0.05, 0.1) is 22.7 Å². The molecule has 130 valence electrons. The van der Waals surface area contributed by atoms with Gasteiger partial charge in [-0.1, -0.05) is 41.6 Å². The Labute approximate surface area is 156 Å². The van der Waals surface area contributed by atoms with Crippen molar-refractivity contribution in [2.45, 2.75) is 19.0 Å². The lowest BCUT2D eigenvalue weighted by atomic mass is 10.1. The Balaban J connectivity index is 1.70. The number of benzene rings is 2. The second-order valence-corrected chi connectivity index (χ2v) is 6.81. The number of nitriles is 1. The molecule has 26 heavy (non-hydrogen) atoms. The predicted octanol–water partition coefficient (Wildman–Crippen LogP) is 4.09. The van der Waals surface area contributed by atoms with Crippen molar-refractivity contribution >= 4 is 23.4 Å². The highest BCUT2D eigenvalue weighted by Crippen LogP contribution is 2.24. The highest BCUT2D eigenvalue weighted by Gasteiger charge is 2.12. The molecule has 6 heteroatoms. The molecule has 0 bridgehead atoms. The quantitative estimate of drug-likeness (QED) is 0.694. The lowest BCUT2D eigenvalue weighted by molar-refractivity contribution is -0.113. The average molecular weight is 362 g/mol. The van der Waals surface area contributed by atoms with Crippen LogP contribution in [0.4, 0.5) is 5.69 Å². The van der Waals surface area contributed by atoms with Crippen LogP contribution < -0.4 is 5.32 Å². The van der Waals surface area contributed by atoms with E-state index in [0.717, 1.165) is 16.4 Å². The minimum atomic E-state index is -0.173.